The Labute approximate surface area is 191 Å². The maximum atomic E-state index is 11.3. The predicted octanol–water partition coefficient (Wildman–Crippen LogP) is 5.15. The number of nitrogens with one attached hydrogen (secondary N) is 2. The lowest BCUT2D eigenvalue weighted by Crippen LogP contribution is -2.29. The fourth-order valence-corrected chi connectivity index (χ4v) is 3.53. The first-order valence-corrected chi connectivity index (χ1v) is 11.6. The smallest absolute Gasteiger partial charge is 0.244 e. The maximum Gasteiger partial charge on any atom is 0.244 e. The lowest BCUT2D eigenvalue weighted by atomic mass is 10.1. The number of aromatic nitrogens is 3. The number of aryl methyl sites for hydroxylation is 5. The largest absolute Gasteiger partial charge is 0.372 e. The quantitative estimate of drug-likeness (QED) is 0.589. The van der Waals surface area contributed by atoms with E-state index in [1.807, 2.05) is 40.7 Å². The molecular weight excluding hydrogens is 402 g/mol. The van der Waals surface area contributed by atoms with E-state index in [0.717, 1.165) is 22.8 Å². The average Bonchev–Trinajstić information content (AvgIpc) is 3.49. The van der Waals surface area contributed by atoms with Crippen molar-refractivity contribution in [2.45, 2.75) is 66.7 Å². The Bertz CT molecular complexity index is 961. The molecule has 3 heterocycles. The third-order valence-electron chi connectivity index (χ3n) is 4.90. The molecule has 1 aliphatic carbocycles. The van der Waals surface area contributed by atoms with Gasteiger partial charge in [0.05, 0.1) is 23.6 Å². The molecule has 0 radical (unpaired) electrons. The summed E-state index contributed by atoms with van der Waals surface area (Å²) in [6.45, 7) is 10.1. The monoisotopic (exact) mass is 437 g/mol. The van der Waals surface area contributed by atoms with Crippen LogP contribution in [0, 0.1) is 6.92 Å². The van der Waals surface area contributed by atoms with Crippen LogP contribution in [0.4, 0.5) is 11.5 Å². The number of anilines is 2. The molecule has 0 saturated heterocycles. The molecule has 7 nitrogen and oxygen atoms in total. The van der Waals surface area contributed by atoms with E-state index in [1.54, 1.807) is 11.1 Å². The summed E-state index contributed by atoms with van der Waals surface area (Å²) in [6, 6.07) is 10.6. The van der Waals surface area contributed by atoms with Gasteiger partial charge < -0.3 is 15.2 Å². The highest BCUT2D eigenvalue weighted by Crippen LogP contribution is 2.25. The van der Waals surface area contributed by atoms with E-state index in [0.29, 0.717) is 18.7 Å². The SMILES string of the molecule is CC.CC.Cc1cc(CCc2ncnc3c2NCC(=O)N3)on1.c1ccc2c(c1)CCC2. The van der Waals surface area contributed by atoms with E-state index in [1.165, 1.54) is 25.6 Å². The second-order valence-corrected chi connectivity index (χ2v) is 7.00. The lowest BCUT2D eigenvalue weighted by molar-refractivity contribution is -0.114. The molecule has 0 unspecified atom stereocenters. The third kappa shape index (κ3) is 6.90. The van der Waals surface area contributed by atoms with E-state index < -0.39 is 0 Å². The minimum absolute atomic E-state index is 0.0944. The van der Waals surface area contributed by atoms with E-state index in [9.17, 15) is 4.79 Å². The molecule has 3 aromatic rings. The van der Waals surface area contributed by atoms with Crippen LogP contribution in [0.2, 0.25) is 0 Å². The molecule has 0 bridgehead atoms. The standard InChI is InChI=1S/C12H13N5O2.C9H10.2C2H6/c1-7-4-8(19-17-7)2-3-9-11-12(15-6-14-9)16-10(18)5-13-11;1-2-5-9-7-3-6-8(9)4-1;2*1-2/h4,6,13H,2-3,5H2,1H3,(H,14,15,16,18);1-2,4-5H,3,6-7H2;2*1-2H3. The molecule has 172 valence electrons. The summed E-state index contributed by atoms with van der Waals surface area (Å²) in [7, 11) is 0. The maximum absolute atomic E-state index is 11.3. The highest BCUT2D eigenvalue weighted by molar-refractivity contribution is 5.99. The average molecular weight is 438 g/mol. The number of hydrogen-bond donors (Lipinski definition) is 2. The first kappa shape index (κ1) is 25.0. The molecule has 7 heteroatoms. The van der Waals surface area contributed by atoms with Crippen LogP contribution >= 0.6 is 0 Å². The Morgan fingerprint density at radius 3 is 2.31 bits per heavy atom. The van der Waals surface area contributed by atoms with Crippen molar-refractivity contribution in [2.75, 3.05) is 17.2 Å². The number of hydrogen-bond acceptors (Lipinski definition) is 6. The van der Waals surface area contributed by atoms with Gasteiger partial charge in [-0.1, -0.05) is 57.1 Å². The van der Waals surface area contributed by atoms with Gasteiger partial charge in [0.1, 0.15) is 12.1 Å². The second kappa shape index (κ2) is 13.2. The van der Waals surface area contributed by atoms with Gasteiger partial charge >= 0.3 is 0 Å². The van der Waals surface area contributed by atoms with Gasteiger partial charge in [0.25, 0.3) is 0 Å². The topological polar surface area (TPSA) is 92.9 Å². The third-order valence-corrected chi connectivity index (χ3v) is 4.90. The summed E-state index contributed by atoms with van der Waals surface area (Å²) in [6.07, 6.45) is 6.82. The van der Waals surface area contributed by atoms with Gasteiger partial charge in [-0.3, -0.25) is 4.79 Å². The zero-order chi connectivity index (χ0) is 23.3. The molecule has 0 fully saturated rings. The fourth-order valence-electron chi connectivity index (χ4n) is 3.53. The molecule has 0 atom stereocenters. The number of nitrogens with zero attached hydrogens (tertiary/aromatic N) is 3. The molecule has 2 N–H and O–H groups in total. The molecule has 0 saturated carbocycles. The van der Waals surface area contributed by atoms with Crippen LogP contribution in [0.25, 0.3) is 0 Å². The Hall–Kier alpha value is -3.22. The van der Waals surface area contributed by atoms with E-state index >= 15 is 0 Å². The molecule has 0 spiro atoms. The van der Waals surface area contributed by atoms with Crippen molar-refractivity contribution in [2.24, 2.45) is 0 Å². The number of carbonyl (C=O) groups is 1. The van der Waals surface area contributed by atoms with E-state index in [2.05, 4.69) is 50.0 Å². The van der Waals surface area contributed by atoms with Gasteiger partial charge in [0, 0.05) is 12.5 Å². The van der Waals surface area contributed by atoms with Gasteiger partial charge in [-0.2, -0.15) is 0 Å². The van der Waals surface area contributed by atoms with Crippen LogP contribution in [-0.4, -0.2) is 27.6 Å². The van der Waals surface area contributed by atoms with Crippen LogP contribution in [0.3, 0.4) is 0 Å². The molecule has 1 aliphatic heterocycles. The first-order chi connectivity index (χ1) is 15.7. The van der Waals surface area contributed by atoms with Gasteiger partial charge in [-0.05, 0) is 43.7 Å². The van der Waals surface area contributed by atoms with Gasteiger partial charge in [0.2, 0.25) is 5.91 Å². The normalized spacial score (nSPS) is 12.8. The summed E-state index contributed by atoms with van der Waals surface area (Å²) in [5.41, 5.74) is 5.65. The summed E-state index contributed by atoms with van der Waals surface area (Å²) in [5, 5.41) is 9.60. The highest BCUT2D eigenvalue weighted by atomic mass is 16.5. The number of benzene rings is 1. The Balaban J connectivity index is 0.000000233. The minimum Gasteiger partial charge on any atom is -0.372 e. The van der Waals surface area contributed by atoms with Crippen LogP contribution in [-0.2, 0) is 30.5 Å². The van der Waals surface area contributed by atoms with Crippen LogP contribution in [0.1, 0.15) is 62.4 Å². The Morgan fingerprint density at radius 1 is 1.00 bits per heavy atom. The fraction of sp³-hybridized carbons (Fsp3) is 0.440. The predicted molar refractivity (Wildman–Crippen MR) is 129 cm³/mol. The van der Waals surface area contributed by atoms with Crippen LogP contribution in [0.15, 0.2) is 41.2 Å². The molecule has 2 aromatic heterocycles. The summed E-state index contributed by atoms with van der Waals surface area (Å²) in [5.74, 6) is 1.27. The van der Waals surface area contributed by atoms with Crippen molar-refractivity contribution in [3.05, 3.63) is 64.9 Å². The molecule has 2 aliphatic rings. The number of fused-ring (bicyclic) bond motifs is 2. The van der Waals surface area contributed by atoms with E-state index in [-0.39, 0.29) is 12.5 Å². The molecule has 1 amide bonds. The summed E-state index contributed by atoms with van der Waals surface area (Å²) < 4.78 is 5.16. The molecular formula is C25H35N5O2. The zero-order valence-corrected chi connectivity index (χ0v) is 19.9. The van der Waals surface area contributed by atoms with Crippen LogP contribution in [0.5, 0.6) is 0 Å². The van der Waals surface area contributed by atoms with Crippen LogP contribution < -0.4 is 10.6 Å². The second-order valence-electron chi connectivity index (χ2n) is 7.00. The van der Waals surface area contributed by atoms with Crippen molar-refractivity contribution >= 4 is 17.4 Å². The zero-order valence-electron chi connectivity index (χ0n) is 19.9. The van der Waals surface area contributed by atoms with Crippen molar-refractivity contribution < 1.29 is 9.32 Å². The number of carbonyl (C=O) groups excluding carboxylic acids is 1. The Kier molecular flexibility index (Phi) is 10.4. The summed E-state index contributed by atoms with van der Waals surface area (Å²) >= 11 is 0. The first-order valence-electron chi connectivity index (χ1n) is 11.6. The van der Waals surface area contributed by atoms with Gasteiger partial charge in [-0.25, -0.2) is 9.97 Å². The van der Waals surface area contributed by atoms with Crippen molar-refractivity contribution in [1.82, 2.24) is 15.1 Å². The van der Waals surface area contributed by atoms with Gasteiger partial charge in [-0.15, -0.1) is 0 Å². The van der Waals surface area contributed by atoms with Gasteiger partial charge in [0.15, 0.2) is 5.82 Å². The van der Waals surface area contributed by atoms with Crippen molar-refractivity contribution in [3.8, 4) is 0 Å². The van der Waals surface area contributed by atoms with Crippen molar-refractivity contribution in [1.29, 1.82) is 0 Å². The van der Waals surface area contributed by atoms with E-state index in [4.69, 9.17) is 4.52 Å². The lowest BCUT2D eigenvalue weighted by Gasteiger charge is -2.19. The van der Waals surface area contributed by atoms with Crippen molar-refractivity contribution in [3.63, 3.8) is 0 Å². The number of rotatable bonds is 3. The highest BCUT2D eigenvalue weighted by Gasteiger charge is 2.19. The molecule has 32 heavy (non-hydrogen) atoms. The molecule has 1 aromatic carbocycles. The minimum atomic E-state index is -0.0944. The Morgan fingerprint density at radius 2 is 1.69 bits per heavy atom. The number of amides is 1. The summed E-state index contributed by atoms with van der Waals surface area (Å²) in [4.78, 5) is 19.6. The molecule has 5 rings (SSSR count).